The van der Waals surface area contributed by atoms with E-state index in [1.54, 1.807) is 20.3 Å². The molecule has 0 aliphatic rings. The highest BCUT2D eigenvalue weighted by Crippen LogP contribution is 2.24. The lowest BCUT2D eigenvalue weighted by Crippen LogP contribution is -2.28. The highest BCUT2D eigenvalue weighted by molar-refractivity contribution is 5.77. The first kappa shape index (κ1) is 17.7. The van der Waals surface area contributed by atoms with E-state index in [-0.39, 0.29) is 12.5 Å². The summed E-state index contributed by atoms with van der Waals surface area (Å²) in [6, 6.07) is 13.2. The number of para-hydroxylation sites is 1. The maximum Gasteiger partial charge on any atom is 0.258 e. The minimum atomic E-state index is -0.182. The second-order valence-electron chi connectivity index (χ2n) is 5.20. The van der Waals surface area contributed by atoms with E-state index in [0.29, 0.717) is 18.0 Å². The lowest BCUT2D eigenvalue weighted by molar-refractivity contribution is -0.123. The molecule has 0 aromatic heterocycles. The molecule has 5 heteroatoms. The third-order valence-electron chi connectivity index (χ3n) is 3.68. The Kier molecular flexibility index (Phi) is 6.49. The summed E-state index contributed by atoms with van der Waals surface area (Å²) >= 11 is 0. The van der Waals surface area contributed by atoms with E-state index in [4.69, 9.17) is 14.2 Å². The van der Waals surface area contributed by atoms with Crippen LogP contribution in [0.1, 0.15) is 18.1 Å². The molecule has 0 saturated heterocycles. The van der Waals surface area contributed by atoms with Crippen molar-refractivity contribution in [1.82, 2.24) is 5.32 Å². The van der Waals surface area contributed by atoms with Gasteiger partial charge in [0.15, 0.2) is 6.61 Å². The Hall–Kier alpha value is -2.69. The fraction of sp³-hybridized carbons (Fsp3) is 0.316. The molecule has 24 heavy (non-hydrogen) atoms. The van der Waals surface area contributed by atoms with E-state index in [9.17, 15) is 4.79 Å². The minimum absolute atomic E-state index is 0.0184. The standard InChI is InChI=1S/C19H23NO4/c1-4-14-7-5-6-8-17(14)24-13-19(21)20-12-15-9-10-16(22-2)11-18(15)23-3/h5-11H,4,12-13H2,1-3H3,(H,20,21). The predicted octanol–water partition coefficient (Wildman–Crippen LogP) is 2.96. The second kappa shape index (κ2) is 8.82. The molecule has 0 unspecified atom stereocenters. The maximum atomic E-state index is 12.0. The van der Waals surface area contributed by atoms with Gasteiger partial charge in [0.1, 0.15) is 17.2 Å². The highest BCUT2D eigenvalue weighted by Gasteiger charge is 2.09. The van der Waals surface area contributed by atoms with E-state index in [2.05, 4.69) is 12.2 Å². The van der Waals surface area contributed by atoms with Crippen LogP contribution in [0.15, 0.2) is 42.5 Å². The van der Waals surface area contributed by atoms with Crippen molar-refractivity contribution in [3.05, 3.63) is 53.6 Å². The van der Waals surface area contributed by atoms with Crippen LogP contribution >= 0.6 is 0 Å². The van der Waals surface area contributed by atoms with E-state index >= 15 is 0 Å². The first-order chi connectivity index (χ1) is 11.7. The zero-order valence-electron chi connectivity index (χ0n) is 14.3. The minimum Gasteiger partial charge on any atom is -0.497 e. The molecule has 5 nitrogen and oxygen atoms in total. The molecule has 0 aliphatic carbocycles. The van der Waals surface area contributed by atoms with Crippen molar-refractivity contribution in [2.75, 3.05) is 20.8 Å². The van der Waals surface area contributed by atoms with Crippen LogP contribution in [0, 0.1) is 0 Å². The summed E-state index contributed by atoms with van der Waals surface area (Å²) in [6.45, 7) is 2.40. The van der Waals surface area contributed by atoms with Crippen molar-refractivity contribution in [3.63, 3.8) is 0 Å². The molecular formula is C19H23NO4. The number of ether oxygens (including phenoxy) is 3. The van der Waals surface area contributed by atoms with Crippen LogP contribution in [0.4, 0.5) is 0 Å². The van der Waals surface area contributed by atoms with Gasteiger partial charge in [-0.1, -0.05) is 25.1 Å². The fourth-order valence-electron chi connectivity index (χ4n) is 2.32. The maximum absolute atomic E-state index is 12.0. The number of methoxy groups -OCH3 is 2. The Morgan fingerprint density at radius 2 is 1.79 bits per heavy atom. The van der Waals surface area contributed by atoms with Gasteiger partial charge in [0, 0.05) is 18.2 Å². The van der Waals surface area contributed by atoms with Crippen LogP contribution < -0.4 is 19.5 Å². The largest absolute Gasteiger partial charge is 0.497 e. The molecule has 0 aliphatic heterocycles. The first-order valence-corrected chi connectivity index (χ1v) is 7.86. The first-order valence-electron chi connectivity index (χ1n) is 7.86. The van der Waals surface area contributed by atoms with Crippen molar-refractivity contribution < 1.29 is 19.0 Å². The van der Waals surface area contributed by atoms with Gasteiger partial charge in [0.05, 0.1) is 14.2 Å². The average Bonchev–Trinajstić information content (AvgIpc) is 2.64. The van der Waals surface area contributed by atoms with Crippen LogP contribution in [0.3, 0.4) is 0 Å². The Morgan fingerprint density at radius 1 is 1.00 bits per heavy atom. The second-order valence-corrected chi connectivity index (χ2v) is 5.20. The third-order valence-corrected chi connectivity index (χ3v) is 3.68. The smallest absolute Gasteiger partial charge is 0.258 e. The summed E-state index contributed by atoms with van der Waals surface area (Å²) in [5.74, 6) is 1.95. The monoisotopic (exact) mass is 329 g/mol. The van der Waals surface area contributed by atoms with Gasteiger partial charge in [-0.3, -0.25) is 4.79 Å². The molecule has 0 radical (unpaired) electrons. The molecule has 2 aromatic carbocycles. The van der Waals surface area contributed by atoms with Gasteiger partial charge < -0.3 is 19.5 Å². The van der Waals surface area contributed by atoms with E-state index in [1.807, 2.05) is 36.4 Å². The molecule has 0 atom stereocenters. The van der Waals surface area contributed by atoms with Crippen LogP contribution in [0.25, 0.3) is 0 Å². The van der Waals surface area contributed by atoms with E-state index in [1.165, 1.54) is 0 Å². The Bertz CT molecular complexity index is 685. The quantitative estimate of drug-likeness (QED) is 0.809. The SMILES string of the molecule is CCc1ccccc1OCC(=O)NCc1ccc(OC)cc1OC. The van der Waals surface area contributed by atoms with Gasteiger partial charge in [-0.05, 0) is 30.2 Å². The van der Waals surface area contributed by atoms with E-state index < -0.39 is 0 Å². The molecule has 0 spiro atoms. The van der Waals surface area contributed by atoms with Gasteiger partial charge in [0.2, 0.25) is 0 Å². The van der Waals surface area contributed by atoms with Crippen LogP contribution in [0.2, 0.25) is 0 Å². The van der Waals surface area contributed by atoms with Crippen LogP contribution in [-0.4, -0.2) is 26.7 Å². The molecule has 128 valence electrons. The number of nitrogens with one attached hydrogen (secondary N) is 1. The molecule has 1 amide bonds. The van der Waals surface area contributed by atoms with E-state index in [0.717, 1.165) is 23.3 Å². The number of rotatable bonds is 8. The number of aryl methyl sites for hydroxylation is 1. The fourth-order valence-corrected chi connectivity index (χ4v) is 2.32. The Labute approximate surface area is 142 Å². The number of hydrogen-bond acceptors (Lipinski definition) is 4. The van der Waals surface area contributed by atoms with Crippen molar-refractivity contribution in [2.45, 2.75) is 19.9 Å². The topological polar surface area (TPSA) is 56.8 Å². The average molecular weight is 329 g/mol. The molecule has 2 rings (SSSR count). The number of amides is 1. The molecule has 0 fully saturated rings. The Balaban J connectivity index is 1.89. The third kappa shape index (κ3) is 4.65. The summed E-state index contributed by atoms with van der Waals surface area (Å²) in [4.78, 5) is 12.0. The lowest BCUT2D eigenvalue weighted by Gasteiger charge is -2.12. The summed E-state index contributed by atoms with van der Waals surface area (Å²) in [6.07, 6.45) is 0.862. The van der Waals surface area contributed by atoms with Gasteiger partial charge >= 0.3 is 0 Å². The summed E-state index contributed by atoms with van der Waals surface area (Å²) in [5, 5.41) is 2.83. The molecule has 0 saturated carbocycles. The number of hydrogen-bond donors (Lipinski definition) is 1. The normalized spacial score (nSPS) is 10.1. The molecule has 0 bridgehead atoms. The summed E-state index contributed by atoms with van der Waals surface area (Å²) in [7, 11) is 3.19. The van der Waals surface area contributed by atoms with Gasteiger partial charge in [0.25, 0.3) is 5.91 Å². The van der Waals surface area contributed by atoms with Crippen molar-refractivity contribution in [3.8, 4) is 17.2 Å². The lowest BCUT2D eigenvalue weighted by atomic mass is 10.1. The molecular weight excluding hydrogens is 306 g/mol. The predicted molar refractivity (Wildman–Crippen MR) is 92.7 cm³/mol. The molecule has 0 heterocycles. The molecule has 2 aromatic rings. The van der Waals surface area contributed by atoms with Gasteiger partial charge in [-0.25, -0.2) is 0 Å². The highest BCUT2D eigenvalue weighted by atomic mass is 16.5. The van der Waals surface area contributed by atoms with Crippen molar-refractivity contribution in [1.29, 1.82) is 0 Å². The van der Waals surface area contributed by atoms with Crippen molar-refractivity contribution >= 4 is 5.91 Å². The van der Waals surface area contributed by atoms with Gasteiger partial charge in [-0.2, -0.15) is 0 Å². The van der Waals surface area contributed by atoms with Crippen LogP contribution in [-0.2, 0) is 17.8 Å². The zero-order chi connectivity index (χ0) is 17.4. The summed E-state index contributed by atoms with van der Waals surface area (Å²) < 4.78 is 16.1. The Morgan fingerprint density at radius 3 is 2.50 bits per heavy atom. The van der Waals surface area contributed by atoms with Crippen LogP contribution in [0.5, 0.6) is 17.2 Å². The molecule has 1 N–H and O–H groups in total. The number of benzene rings is 2. The zero-order valence-corrected chi connectivity index (χ0v) is 14.3. The van der Waals surface area contributed by atoms with Crippen molar-refractivity contribution in [2.24, 2.45) is 0 Å². The van der Waals surface area contributed by atoms with Gasteiger partial charge in [-0.15, -0.1) is 0 Å². The number of carbonyl (C=O) groups is 1. The number of carbonyl (C=O) groups excluding carboxylic acids is 1. The summed E-state index contributed by atoms with van der Waals surface area (Å²) in [5.41, 5.74) is 1.96.